The number of hydrogen-bond acceptors (Lipinski definition) is 2. The average molecular weight is 257 g/mol. The van der Waals surface area contributed by atoms with Gasteiger partial charge in [0.1, 0.15) is 0 Å². The molecule has 0 aliphatic carbocycles. The molecule has 4 nitrogen and oxygen atoms in total. The summed E-state index contributed by atoms with van der Waals surface area (Å²) in [7, 11) is 0. The van der Waals surface area contributed by atoms with Crippen molar-refractivity contribution in [2.75, 3.05) is 6.54 Å². The summed E-state index contributed by atoms with van der Waals surface area (Å²) in [6.45, 7) is 6.81. The highest BCUT2D eigenvalue weighted by Crippen LogP contribution is 2.17. The Morgan fingerprint density at radius 2 is 1.83 bits per heavy atom. The van der Waals surface area contributed by atoms with Crippen LogP contribution in [0.1, 0.15) is 59.3 Å². The Kier molecular flexibility index (Phi) is 9.33. The van der Waals surface area contributed by atoms with Crippen LogP contribution in [-0.4, -0.2) is 23.5 Å². The maximum atomic E-state index is 11.5. The fourth-order valence-corrected chi connectivity index (χ4v) is 2.03. The first-order chi connectivity index (χ1) is 8.45. The van der Waals surface area contributed by atoms with Gasteiger partial charge >= 0.3 is 5.97 Å². The van der Waals surface area contributed by atoms with Crippen LogP contribution in [0, 0.1) is 11.8 Å². The summed E-state index contributed by atoms with van der Waals surface area (Å²) in [6, 6.07) is 0. The Morgan fingerprint density at radius 3 is 2.33 bits per heavy atom. The smallest absolute Gasteiger partial charge is 0.303 e. The summed E-state index contributed by atoms with van der Waals surface area (Å²) in [5.41, 5.74) is 0. The van der Waals surface area contributed by atoms with Gasteiger partial charge in [-0.05, 0) is 24.7 Å². The molecule has 1 amide bonds. The average Bonchev–Trinajstić information content (AvgIpc) is 2.24. The molecular weight excluding hydrogens is 230 g/mol. The lowest BCUT2D eigenvalue weighted by Crippen LogP contribution is -2.27. The summed E-state index contributed by atoms with van der Waals surface area (Å²) in [5.74, 6) is 0.146. The van der Waals surface area contributed by atoms with E-state index in [1.165, 1.54) is 0 Å². The van der Waals surface area contributed by atoms with Gasteiger partial charge in [-0.25, -0.2) is 0 Å². The van der Waals surface area contributed by atoms with Crippen molar-refractivity contribution in [1.82, 2.24) is 5.32 Å². The monoisotopic (exact) mass is 257 g/mol. The lowest BCUT2D eigenvalue weighted by Gasteiger charge is -2.15. The maximum absolute atomic E-state index is 11.5. The molecule has 0 aliphatic heterocycles. The van der Waals surface area contributed by atoms with Gasteiger partial charge in [0.15, 0.2) is 0 Å². The van der Waals surface area contributed by atoms with Crippen molar-refractivity contribution >= 4 is 11.9 Å². The van der Waals surface area contributed by atoms with Crippen molar-refractivity contribution in [1.29, 1.82) is 0 Å². The van der Waals surface area contributed by atoms with Gasteiger partial charge in [0, 0.05) is 19.4 Å². The van der Waals surface area contributed by atoms with E-state index in [0.717, 1.165) is 19.3 Å². The molecule has 18 heavy (non-hydrogen) atoms. The lowest BCUT2D eigenvalue weighted by atomic mass is 9.94. The number of aliphatic carboxylic acids is 1. The van der Waals surface area contributed by atoms with Gasteiger partial charge in [-0.1, -0.05) is 33.6 Å². The van der Waals surface area contributed by atoms with Gasteiger partial charge in [-0.2, -0.15) is 0 Å². The van der Waals surface area contributed by atoms with Crippen molar-refractivity contribution in [2.45, 2.75) is 59.3 Å². The van der Waals surface area contributed by atoms with Gasteiger partial charge in [0.2, 0.25) is 5.91 Å². The predicted molar refractivity (Wildman–Crippen MR) is 72.3 cm³/mol. The van der Waals surface area contributed by atoms with Gasteiger partial charge in [-0.15, -0.1) is 0 Å². The molecule has 0 saturated heterocycles. The zero-order valence-corrected chi connectivity index (χ0v) is 11.9. The molecule has 0 aromatic carbocycles. The Balaban J connectivity index is 3.81. The molecule has 106 valence electrons. The fourth-order valence-electron chi connectivity index (χ4n) is 2.03. The Labute approximate surface area is 110 Å². The molecule has 0 heterocycles. The molecule has 1 unspecified atom stereocenters. The first kappa shape index (κ1) is 16.9. The fraction of sp³-hybridized carbons (Fsp3) is 0.857. The molecule has 0 saturated carbocycles. The zero-order valence-electron chi connectivity index (χ0n) is 11.9. The number of amides is 1. The lowest BCUT2D eigenvalue weighted by molar-refractivity contribution is -0.137. The first-order valence-electron chi connectivity index (χ1n) is 6.94. The normalized spacial score (nSPS) is 12.4. The van der Waals surface area contributed by atoms with Gasteiger partial charge < -0.3 is 10.4 Å². The second-order valence-electron chi connectivity index (χ2n) is 5.32. The highest BCUT2D eigenvalue weighted by atomic mass is 16.4. The summed E-state index contributed by atoms with van der Waals surface area (Å²) in [4.78, 5) is 22.0. The van der Waals surface area contributed by atoms with Crippen LogP contribution in [0.4, 0.5) is 0 Å². The van der Waals surface area contributed by atoms with Gasteiger partial charge in [0.05, 0.1) is 0 Å². The third-order valence-electron chi connectivity index (χ3n) is 2.93. The zero-order chi connectivity index (χ0) is 14.0. The number of carbonyl (C=O) groups is 2. The van der Waals surface area contributed by atoms with Gasteiger partial charge in [-0.3, -0.25) is 9.59 Å². The van der Waals surface area contributed by atoms with Crippen LogP contribution in [0.2, 0.25) is 0 Å². The molecule has 4 heteroatoms. The minimum atomic E-state index is -0.736. The standard InChI is InChI=1S/C14H27NO3/c1-4-5-12(6-7-14(17)18)8-9-15-13(16)10-11(2)3/h11-12H,4-10H2,1-3H3,(H,15,16)(H,17,18). The molecule has 0 rings (SSSR count). The van der Waals surface area contributed by atoms with Crippen molar-refractivity contribution in [3.8, 4) is 0 Å². The van der Waals surface area contributed by atoms with E-state index >= 15 is 0 Å². The summed E-state index contributed by atoms with van der Waals surface area (Å²) < 4.78 is 0. The highest BCUT2D eigenvalue weighted by molar-refractivity contribution is 5.75. The molecule has 1 atom stereocenters. The van der Waals surface area contributed by atoms with Crippen molar-refractivity contribution in [3.05, 3.63) is 0 Å². The molecule has 0 aromatic rings. The van der Waals surface area contributed by atoms with Crippen molar-refractivity contribution < 1.29 is 14.7 Å². The molecule has 0 fully saturated rings. The van der Waals surface area contributed by atoms with E-state index in [1.807, 2.05) is 13.8 Å². The van der Waals surface area contributed by atoms with E-state index in [0.29, 0.717) is 31.2 Å². The Hall–Kier alpha value is -1.06. The van der Waals surface area contributed by atoms with E-state index in [2.05, 4.69) is 12.2 Å². The summed E-state index contributed by atoms with van der Waals surface area (Å²) in [5, 5.41) is 11.6. The molecule has 0 aliphatic rings. The Bertz CT molecular complexity index is 251. The van der Waals surface area contributed by atoms with E-state index in [-0.39, 0.29) is 12.3 Å². The number of nitrogens with one attached hydrogen (secondary N) is 1. The van der Waals surface area contributed by atoms with Crippen LogP contribution >= 0.6 is 0 Å². The highest BCUT2D eigenvalue weighted by Gasteiger charge is 2.11. The number of carbonyl (C=O) groups excluding carboxylic acids is 1. The number of rotatable bonds is 10. The predicted octanol–water partition coefficient (Wildman–Crippen LogP) is 2.82. The number of hydrogen-bond donors (Lipinski definition) is 2. The van der Waals surface area contributed by atoms with Crippen LogP contribution in [-0.2, 0) is 9.59 Å². The molecule has 2 N–H and O–H groups in total. The second kappa shape index (κ2) is 9.92. The summed E-state index contributed by atoms with van der Waals surface area (Å²) in [6.07, 6.45) is 4.48. The van der Waals surface area contributed by atoms with Crippen LogP contribution in [0.15, 0.2) is 0 Å². The second-order valence-corrected chi connectivity index (χ2v) is 5.32. The first-order valence-corrected chi connectivity index (χ1v) is 6.94. The third-order valence-corrected chi connectivity index (χ3v) is 2.93. The van der Waals surface area contributed by atoms with Crippen LogP contribution in [0.5, 0.6) is 0 Å². The number of carboxylic acids is 1. The quantitative estimate of drug-likeness (QED) is 0.632. The molecular formula is C14H27NO3. The third kappa shape index (κ3) is 10.1. The van der Waals surface area contributed by atoms with Gasteiger partial charge in [0.25, 0.3) is 0 Å². The molecule has 0 radical (unpaired) electrons. The molecule has 0 bridgehead atoms. The topological polar surface area (TPSA) is 66.4 Å². The molecule has 0 aromatic heterocycles. The van der Waals surface area contributed by atoms with E-state index in [9.17, 15) is 9.59 Å². The minimum absolute atomic E-state index is 0.0958. The summed E-state index contributed by atoms with van der Waals surface area (Å²) >= 11 is 0. The van der Waals surface area contributed by atoms with Crippen LogP contribution in [0.25, 0.3) is 0 Å². The maximum Gasteiger partial charge on any atom is 0.303 e. The van der Waals surface area contributed by atoms with E-state index in [1.54, 1.807) is 0 Å². The van der Waals surface area contributed by atoms with Crippen LogP contribution in [0.3, 0.4) is 0 Å². The number of carboxylic acid groups (broad SMARTS) is 1. The largest absolute Gasteiger partial charge is 0.481 e. The van der Waals surface area contributed by atoms with Crippen molar-refractivity contribution in [2.24, 2.45) is 11.8 Å². The van der Waals surface area contributed by atoms with E-state index < -0.39 is 5.97 Å². The SMILES string of the molecule is CCCC(CCNC(=O)CC(C)C)CCC(=O)O. The molecule has 0 spiro atoms. The van der Waals surface area contributed by atoms with Crippen molar-refractivity contribution in [3.63, 3.8) is 0 Å². The van der Waals surface area contributed by atoms with Crippen LogP contribution < -0.4 is 5.32 Å². The Morgan fingerprint density at radius 1 is 1.17 bits per heavy atom. The minimum Gasteiger partial charge on any atom is -0.481 e. The van der Waals surface area contributed by atoms with E-state index in [4.69, 9.17) is 5.11 Å².